The van der Waals surface area contributed by atoms with E-state index in [2.05, 4.69) is 0 Å². The van der Waals surface area contributed by atoms with Crippen LogP contribution < -0.4 is 9.47 Å². The van der Waals surface area contributed by atoms with Gasteiger partial charge in [-0.05, 0) is 29.3 Å². The van der Waals surface area contributed by atoms with E-state index in [-0.39, 0.29) is 19.2 Å². The molecule has 3 aromatic rings. The van der Waals surface area contributed by atoms with Crippen LogP contribution in [0.3, 0.4) is 0 Å². The molecule has 0 aromatic heterocycles. The molecule has 3 aromatic carbocycles. The first-order valence-corrected chi connectivity index (χ1v) is 9.21. The summed E-state index contributed by atoms with van der Waals surface area (Å²) in [5, 5.41) is 11.7. The third-order valence-corrected chi connectivity index (χ3v) is 5.35. The summed E-state index contributed by atoms with van der Waals surface area (Å²) in [5.41, 5.74) is 1.61. The second-order valence-electron chi connectivity index (χ2n) is 7.10. The summed E-state index contributed by atoms with van der Waals surface area (Å²) < 4.78 is 10.8. The second-order valence-corrected chi connectivity index (χ2v) is 7.10. The molecule has 5 rings (SSSR count). The topological polar surface area (TPSA) is 59.0 Å². The largest absolute Gasteiger partial charge is 0.454 e. The number of fused-ring (bicyclic) bond motifs is 2. The third-order valence-electron chi connectivity index (χ3n) is 5.35. The zero-order valence-electron chi connectivity index (χ0n) is 15.2. The molecule has 0 saturated heterocycles. The lowest BCUT2D eigenvalue weighted by atomic mass is 9.94. The Bertz CT molecular complexity index is 1050. The van der Waals surface area contributed by atoms with Crippen molar-refractivity contribution in [2.45, 2.75) is 18.7 Å². The fraction of sp³-hybridized carbons (Fsp3) is 0.174. The van der Waals surface area contributed by atoms with Crippen molar-refractivity contribution in [3.8, 4) is 11.5 Å². The summed E-state index contributed by atoms with van der Waals surface area (Å²) in [6.07, 6.45) is 0.321. The number of aliphatic hydroxyl groups is 1. The van der Waals surface area contributed by atoms with Gasteiger partial charge >= 0.3 is 0 Å². The van der Waals surface area contributed by atoms with Gasteiger partial charge in [-0.2, -0.15) is 0 Å². The quantitative estimate of drug-likeness (QED) is 0.761. The van der Waals surface area contributed by atoms with E-state index in [1.165, 1.54) is 0 Å². The molecule has 0 aliphatic carbocycles. The van der Waals surface area contributed by atoms with Crippen LogP contribution in [0.15, 0.2) is 72.8 Å². The van der Waals surface area contributed by atoms with Crippen LogP contribution in [0.25, 0.3) is 0 Å². The molecule has 28 heavy (non-hydrogen) atoms. The van der Waals surface area contributed by atoms with E-state index in [9.17, 15) is 9.90 Å². The van der Waals surface area contributed by atoms with E-state index in [0.29, 0.717) is 29.0 Å². The Morgan fingerprint density at radius 2 is 1.64 bits per heavy atom. The lowest BCUT2D eigenvalue weighted by molar-refractivity contribution is -0.0878. The average molecular weight is 373 g/mol. The molecule has 0 saturated carbocycles. The summed E-state index contributed by atoms with van der Waals surface area (Å²) in [5.74, 6) is 1.18. The minimum Gasteiger partial charge on any atom is -0.454 e. The number of ether oxygens (including phenoxy) is 2. The number of amides is 1. The Morgan fingerprint density at radius 3 is 2.50 bits per heavy atom. The lowest BCUT2D eigenvalue weighted by Crippen LogP contribution is -2.45. The first-order chi connectivity index (χ1) is 13.6. The second kappa shape index (κ2) is 6.39. The number of hydrogen-bond acceptors (Lipinski definition) is 4. The molecular formula is C23H19NO4. The first kappa shape index (κ1) is 16.8. The average Bonchev–Trinajstić information content (AvgIpc) is 3.26. The first-order valence-electron chi connectivity index (χ1n) is 9.21. The highest BCUT2D eigenvalue weighted by Crippen LogP contribution is 2.41. The van der Waals surface area contributed by atoms with E-state index in [1.54, 1.807) is 11.0 Å². The third kappa shape index (κ3) is 2.63. The van der Waals surface area contributed by atoms with Gasteiger partial charge in [-0.3, -0.25) is 4.79 Å². The van der Waals surface area contributed by atoms with Crippen molar-refractivity contribution in [1.82, 2.24) is 4.90 Å². The van der Waals surface area contributed by atoms with Gasteiger partial charge < -0.3 is 19.5 Å². The fourth-order valence-electron chi connectivity index (χ4n) is 3.97. The summed E-state index contributed by atoms with van der Waals surface area (Å²) in [6, 6.07) is 22.6. The number of rotatable bonds is 4. The van der Waals surface area contributed by atoms with Gasteiger partial charge in [-0.25, -0.2) is 0 Å². The van der Waals surface area contributed by atoms with E-state index in [1.807, 2.05) is 66.7 Å². The van der Waals surface area contributed by atoms with Crippen molar-refractivity contribution in [3.63, 3.8) is 0 Å². The van der Waals surface area contributed by atoms with Crippen LogP contribution in [-0.2, 0) is 18.7 Å². The van der Waals surface area contributed by atoms with Crippen molar-refractivity contribution in [2.75, 3.05) is 6.79 Å². The molecule has 140 valence electrons. The van der Waals surface area contributed by atoms with Crippen LogP contribution in [-0.4, -0.2) is 22.7 Å². The van der Waals surface area contributed by atoms with Crippen LogP contribution in [0.5, 0.6) is 11.5 Å². The van der Waals surface area contributed by atoms with E-state index < -0.39 is 5.72 Å². The van der Waals surface area contributed by atoms with Crippen molar-refractivity contribution in [3.05, 3.63) is 95.1 Å². The highest BCUT2D eigenvalue weighted by Gasteiger charge is 2.48. The molecule has 0 fully saturated rings. The maximum atomic E-state index is 13.2. The number of nitrogens with zero attached hydrogens (tertiary/aromatic N) is 1. The van der Waals surface area contributed by atoms with Gasteiger partial charge in [0.15, 0.2) is 17.2 Å². The summed E-state index contributed by atoms with van der Waals surface area (Å²) in [4.78, 5) is 14.7. The monoisotopic (exact) mass is 373 g/mol. The Balaban J connectivity index is 1.54. The maximum Gasteiger partial charge on any atom is 0.257 e. The van der Waals surface area contributed by atoms with Crippen molar-refractivity contribution in [2.24, 2.45) is 0 Å². The molecule has 2 aliphatic heterocycles. The van der Waals surface area contributed by atoms with Gasteiger partial charge in [-0.15, -0.1) is 0 Å². The number of carbonyl (C=O) groups excluding carboxylic acids is 1. The van der Waals surface area contributed by atoms with Crippen molar-refractivity contribution >= 4 is 5.91 Å². The normalized spacial score (nSPS) is 19.8. The van der Waals surface area contributed by atoms with Crippen LogP contribution in [0, 0.1) is 0 Å². The van der Waals surface area contributed by atoms with Gasteiger partial charge in [0.2, 0.25) is 6.79 Å². The molecule has 1 N–H and O–H groups in total. The van der Waals surface area contributed by atoms with E-state index in [4.69, 9.17) is 9.47 Å². The van der Waals surface area contributed by atoms with Gasteiger partial charge in [-0.1, -0.05) is 54.6 Å². The summed E-state index contributed by atoms with van der Waals surface area (Å²) in [7, 11) is 0. The molecule has 0 spiro atoms. The van der Waals surface area contributed by atoms with Gasteiger partial charge in [0, 0.05) is 24.1 Å². The molecule has 0 bridgehead atoms. The zero-order chi connectivity index (χ0) is 19.1. The molecule has 0 unspecified atom stereocenters. The lowest BCUT2D eigenvalue weighted by Gasteiger charge is -2.35. The SMILES string of the molecule is O=C1c2ccccc2[C@](O)(Cc2ccccc2)N1Cc1ccc2c(c1)OCO2. The Hall–Kier alpha value is -3.31. The van der Waals surface area contributed by atoms with E-state index >= 15 is 0 Å². The Labute approximate surface area is 162 Å². The van der Waals surface area contributed by atoms with E-state index in [0.717, 1.165) is 11.1 Å². The molecule has 5 nitrogen and oxygen atoms in total. The predicted octanol–water partition coefficient (Wildman–Crippen LogP) is 3.46. The minimum atomic E-state index is -1.41. The smallest absolute Gasteiger partial charge is 0.257 e. The Morgan fingerprint density at radius 1 is 0.893 bits per heavy atom. The molecule has 2 heterocycles. The van der Waals surface area contributed by atoms with Gasteiger partial charge in [0.05, 0.1) is 0 Å². The molecule has 1 atom stereocenters. The number of carbonyl (C=O) groups is 1. The van der Waals surface area contributed by atoms with Crippen molar-refractivity contribution < 1.29 is 19.4 Å². The van der Waals surface area contributed by atoms with Gasteiger partial charge in [0.1, 0.15) is 0 Å². The molecule has 5 heteroatoms. The zero-order valence-corrected chi connectivity index (χ0v) is 15.2. The predicted molar refractivity (Wildman–Crippen MR) is 103 cm³/mol. The fourth-order valence-corrected chi connectivity index (χ4v) is 3.97. The molecule has 2 aliphatic rings. The van der Waals surface area contributed by atoms with Crippen LogP contribution >= 0.6 is 0 Å². The number of benzene rings is 3. The maximum absolute atomic E-state index is 13.2. The summed E-state index contributed by atoms with van der Waals surface area (Å²) >= 11 is 0. The van der Waals surface area contributed by atoms with Crippen LogP contribution in [0.1, 0.15) is 27.0 Å². The van der Waals surface area contributed by atoms with Crippen LogP contribution in [0.2, 0.25) is 0 Å². The van der Waals surface area contributed by atoms with Crippen LogP contribution in [0.4, 0.5) is 0 Å². The minimum absolute atomic E-state index is 0.174. The highest BCUT2D eigenvalue weighted by molar-refractivity contribution is 5.99. The Kier molecular flexibility index (Phi) is 3.84. The van der Waals surface area contributed by atoms with Gasteiger partial charge in [0.25, 0.3) is 5.91 Å². The number of hydrogen-bond donors (Lipinski definition) is 1. The molecule has 0 radical (unpaired) electrons. The summed E-state index contributed by atoms with van der Waals surface area (Å²) in [6.45, 7) is 0.471. The standard InChI is InChI=1S/C23H19NO4/c25-22-18-8-4-5-9-19(18)23(26,13-16-6-2-1-3-7-16)24(22)14-17-10-11-20-21(12-17)28-15-27-20/h1-12,26H,13-15H2/t23-/m1/s1. The van der Waals surface area contributed by atoms with Crippen molar-refractivity contribution in [1.29, 1.82) is 0 Å². The molecule has 1 amide bonds. The molecular weight excluding hydrogens is 354 g/mol. The highest BCUT2D eigenvalue weighted by atomic mass is 16.7.